The molecule has 1 aliphatic heterocycles. The fourth-order valence-electron chi connectivity index (χ4n) is 3.55. The largest absolute Gasteiger partial charge is 0.493 e. The summed E-state index contributed by atoms with van der Waals surface area (Å²) in [4.78, 5) is 17.8. The van der Waals surface area contributed by atoms with Gasteiger partial charge < -0.3 is 5.11 Å². The van der Waals surface area contributed by atoms with Gasteiger partial charge in [0, 0.05) is 17.4 Å². The van der Waals surface area contributed by atoms with Crippen LogP contribution in [0.3, 0.4) is 0 Å². The second-order valence-corrected chi connectivity index (χ2v) is 6.71. The van der Waals surface area contributed by atoms with E-state index in [0.717, 1.165) is 16.8 Å². The van der Waals surface area contributed by atoms with Gasteiger partial charge in [-0.2, -0.15) is 0 Å². The van der Waals surface area contributed by atoms with Crippen LogP contribution in [-0.2, 0) is 0 Å². The Labute approximate surface area is 167 Å². The SMILES string of the molecule is O=c1c(C=C2C=Nc3ccccc32)c(O)n(-c2ccccc2)n1-c1ccccc1. The summed E-state index contributed by atoms with van der Waals surface area (Å²) in [5, 5.41) is 11.1. The molecule has 29 heavy (non-hydrogen) atoms. The normalized spacial score (nSPS) is 13.7. The molecule has 1 N–H and O–H groups in total. The fraction of sp³-hybridized carbons (Fsp3) is 0. The van der Waals surface area contributed by atoms with Crippen molar-refractivity contribution in [3.63, 3.8) is 0 Å². The first-order chi connectivity index (χ1) is 14.2. The molecule has 1 aliphatic rings. The predicted molar refractivity (Wildman–Crippen MR) is 115 cm³/mol. The zero-order valence-electron chi connectivity index (χ0n) is 15.4. The number of aliphatic imine (C=N–C) groups is 1. The van der Waals surface area contributed by atoms with Crippen molar-refractivity contribution in [1.82, 2.24) is 9.36 Å². The third-order valence-corrected chi connectivity index (χ3v) is 4.92. The number of rotatable bonds is 3. The first-order valence-corrected chi connectivity index (χ1v) is 9.27. The average Bonchev–Trinajstić information content (AvgIpc) is 3.29. The quantitative estimate of drug-likeness (QED) is 0.566. The lowest BCUT2D eigenvalue weighted by molar-refractivity contribution is 0.424. The van der Waals surface area contributed by atoms with Gasteiger partial charge in [-0.05, 0) is 36.4 Å². The molecule has 0 unspecified atom stereocenters. The van der Waals surface area contributed by atoms with Crippen molar-refractivity contribution >= 4 is 23.6 Å². The average molecular weight is 379 g/mol. The number of para-hydroxylation sites is 3. The van der Waals surface area contributed by atoms with Crippen LogP contribution in [0.4, 0.5) is 5.69 Å². The van der Waals surface area contributed by atoms with Gasteiger partial charge in [0.05, 0.1) is 17.1 Å². The van der Waals surface area contributed by atoms with Crippen molar-refractivity contribution in [3.05, 3.63) is 106 Å². The Bertz CT molecular complexity index is 1310. The third-order valence-electron chi connectivity index (χ3n) is 4.92. The molecule has 1 aromatic heterocycles. The van der Waals surface area contributed by atoms with E-state index in [9.17, 15) is 9.90 Å². The molecule has 0 aliphatic carbocycles. The number of aromatic hydroxyl groups is 1. The summed E-state index contributed by atoms with van der Waals surface area (Å²) in [6.45, 7) is 0. The van der Waals surface area contributed by atoms with Gasteiger partial charge in [-0.3, -0.25) is 9.79 Å². The van der Waals surface area contributed by atoms with Gasteiger partial charge in [-0.25, -0.2) is 9.36 Å². The highest BCUT2D eigenvalue weighted by atomic mass is 16.3. The molecule has 140 valence electrons. The molecule has 0 atom stereocenters. The molecule has 3 aromatic carbocycles. The van der Waals surface area contributed by atoms with Crippen LogP contribution < -0.4 is 5.56 Å². The van der Waals surface area contributed by atoms with Crippen LogP contribution >= 0.6 is 0 Å². The van der Waals surface area contributed by atoms with E-state index in [4.69, 9.17) is 0 Å². The lowest BCUT2D eigenvalue weighted by Gasteiger charge is -2.12. The van der Waals surface area contributed by atoms with Crippen LogP contribution in [0.2, 0.25) is 0 Å². The Morgan fingerprint density at radius 3 is 2.03 bits per heavy atom. The molecule has 0 spiro atoms. The van der Waals surface area contributed by atoms with Gasteiger partial charge in [0.25, 0.3) is 5.56 Å². The number of allylic oxidation sites excluding steroid dienone is 1. The summed E-state index contributed by atoms with van der Waals surface area (Å²) < 4.78 is 3.01. The van der Waals surface area contributed by atoms with E-state index >= 15 is 0 Å². The highest BCUT2D eigenvalue weighted by Gasteiger charge is 2.22. The molecule has 0 bridgehead atoms. The zero-order valence-corrected chi connectivity index (χ0v) is 15.4. The number of aromatic nitrogens is 2. The minimum Gasteiger partial charge on any atom is -0.493 e. The summed E-state index contributed by atoms with van der Waals surface area (Å²) in [7, 11) is 0. The number of nitrogens with zero attached hydrogens (tertiary/aromatic N) is 3. The molecule has 5 rings (SSSR count). The molecular weight excluding hydrogens is 362 g/mol. The monoisotopic (exact) mass is 379 g/mol. The maximum Gasteiger partial charge on any atom is 0.283 e. The second-order valence-electron chi connectivity index (χ2n) is 6.71. The summed E-state index contributed by atoms with van der Waals surface area (Å²) in [5.41, 5.74) is 3.85. The number of benzene rings is 3. The molecule has 5 heteroatoms. The van der Waals surface area contributed by atoms with Gasteiger partial charge in [0.1, 0.15) is 5.56 Å². The van der Waals surface area contributed by atoms with Crippen molar-refractivity contribution in [1.29, 1.82) is 0 Å². The highest BCUT2D eigenvalue weighted by Crippen LogP contribution is 2.33. The van der Waals surface area contributed by atoms with Gasteiger partial charge in [0.15, 0.2) is 0 Å². The van der Waals surface area contributed by atoms with Crippen LogP contribution in [-0.4, -0.2) is 20.7 Å². The first kappa shape index (κ1) is 17.0. The van der Waals surface area contributed by atoms with Crippen LogP contribution in [0.5, 0.6) is 5.88 Å². The van der Waals surface area contributed by atoms with Gasteiger partial charge in [0.2, 0.25) is 5.88 Å². The van der Waals surface area contributed by atoms with Crippen molar-refractivity contribution in [2.75, 3.05) is 0 Å². The van der Waals surface area contributed by atoms with E-state index in [1.165, 1.54) is 9.36 Å². The van der Waals surface area contributed by atoms with E-state index in [-0.39, 0.29) is 17.0 Å². The molecule has 0 radical (unpaired) electrons. The minimum atomic E-state index is -0.303. The smallest absolute Gasteiger partial charge is 0.283 e. The lowest BCUT2D eigenvalue weighted by atomic mass is 10.1. The molecule has 2 heterocycles. The molecule has 0 saturated heterocycles. The summed E-state index contributed by atoms with van der Waals surface area (Å²) in [6, 6.07) is 26.3. The molecule has 5 nitrogen and oxygen atoms in total. The predicted octanol–water partition coefficient (Wildman–Crippen LogP) is 4.59. The summed E-state index contributed by atoms with van der Waals surface area (Å²) in [6.07, 6.45) is 3.42. The number of fused-ring (bicyclic) bond motifs is 1. The standard InChI is InChI=1S/C24H17N3O2/c28-23-21(15-17-16-25-22-14-8-7-13-20(17)22)24(29)27(19-11-5-2-6-12-19)26(23)18-9-3-1-4-10-18/h1-16,28H. The Kier molecular flexibility index (Phi) is 3.99. The number of hydrogen-bond acceptors (Lipinski definition) is 3. The lowest BCUT2D eigenvalue weighted by Crippen LogP contribution is -2.21. The minimum absolute atomic E-state index is 0.115. The van der Waals surface area contributed by atoms with Gasteiger partial charge in [-0.1, -0.05) is 54.6 Å². The van der Waals surface area contributed by atoms with Crippen LogP contribution in [0.1, 0.15) is 11.1 Å². The Morgan fingerprint density at radius 2 is 1.34 bits per heavy atom. The number of hydrogen-bond donors (Lipinski definition) is 1. The summed E-state index contributed by atoms with van der Waals surface area (Å²) >= 11 is 0. The van der Waals surface area contributed by atoms with Crippen LogP contribution in [0, 0.1) is 0 Å². The van der Waals surface area contributed by atoms with E-state index in [0.29, 0.717) is 11.4 Å². The molecule has 0 amide bonds. The van der Waals surface area contributed by atoms with E-state index in [1.807, 2.05) is 84.9 Å². The summed E-state index contributed by atoms with van der Waals surface area (Å²) in [5.74, 6) is -0.115. The second kappa shape index (κ2) is 6.80. The topological polar surface area (TPSA) is 59.5 Å². The van der Waals surface area contributed by atoms with Crippen molar-refractivity contribution in [3.8, 4) is 17.3 Å². The first-order valence-electron chi connectivity index (χ1n) is 9.27. The highest BCUT2D eigenvalue weighted by molar-refractivity contribution is 6.21. The third kappa shape index (κ3) is 2.80. The van der Waals surface area contributed by atoms with Crippen molar-refractivity contribution in [2.45, 2.75) is 0 Å². The maximum absolute atomic E-state index is 13.4. The van der Waals surface area contributed by atoms with E-state index in [1.54, 1.807) is 12.3 Å². The van der Waals surface area contributed by atoms with Gasteiger partial charge in [-0.15, -0.1) is 0 Å². The van der Waals surface area contributed by atoms with E-state index < -0.39 is 0 Å². The van der Waals surface area contributed by atoms with Crippen molar-refractivity contribution < 1.29 is 5.11 Å². The Hall–Kier alpha value is -4.12. The van der Waals surface area contributed by atoms with Crippen LogP contribution in [0.15, 0.2) is 94.7 Å². The van der Waals surface area contributed by atoms with Crippen molar-refractivity contribution in [2.24, 2.45) is 4.99 Å². The Morgan fingerprint density at radius 1 is 0.759 bits per heavy atom. The molecule has 0 fully saturated rings. The fourth-order valence-corrected chi connectivity index (χ4v) is 3.55. The zero-order chi connectivity index (χ0) is 19.8. The Balaban J connectivity index is 1.77. The van der Waals surface area contributed by atoms with E-state index in [2.05, 4.69) is 4.99 Å². The molecule has 0 saturated carbocycles. The maximum atomic E-state index is 13.4. The molecular formula is C24H17N3O2. The molecule has 4 aromatic rings. The van der Waals surface area contributed by atoms with Gasteiger partial charge >= 0.3 is 0 Å². The van der Waals surface area contributed by atoms with Crippen LogP contribution in [0.25, 0.3) is 23.0 Å².